The van der Waals surface area contributed by atoms with Crippen LogP contribution >= 0.6 is 0 Å². The maximum Gasteiger partial charge on any atom is 0.0573 e. The molecule has 3 unspecified atom stereocenters. The summed E-state index contributed by atoms with van der Waals surface area (Å²) in [6, 6.07) is 5.37. The summed E-state index contributed by atoms with van der Waals surface area (Å²) < 4.78 is 0. The second kappa shape index (κ2) is 6.49. The Morgan fingerprint density at radius 1 is 1.53 bits per heavy atom. The molecule has 0 aliphatic carbocycles. The summed E-state index contributed by atoms with van der Waals surface area (Å²) in [5.41, 5.74) is 2.52. The van der Waals surface area contributed by atoms with E-state index in [9.17, 15) is 0 Å². The van der Waals surface area contributed by atoms with Crippen molar-refractivity contribution in [1.82, 2.24) is 15.2 Å². The van der Waals surface area contributed by atoms with Crippen molar-refractivity contribution in [2.45, 2.75) is 52.7 Å². The zero-order chi connectivity index (χ0) is 13.8. The molecular weight excluding hydrogens is 234 g/mol. The number of pyridine rings is 1. The highest BCUT2D eigenvalue weighted by Crippen LogP contribution is 2.18. The summed E-state index contributed by atoms with van der Waals surface area (Å²) >= 11 is 0. The number of hydrogen-bond donors (Lipinski definition) is 1. The molecule has 1 fully saturated rings. The van der Waals surface area contributed by atoms with Crippen LogP contribution in [0.25, 0.3) is 0 Å². The Kier molecular flexibility index (Phi) is 4.94. The molecule has 1 aromatic rings. The average molecular weight is 261 g/mol. The third kappa shape index (κ3) is 3.54. The van der Waals surface area contributed by atoms with Gasteiger partial charge >= 0.3 is 0 Å². The largest absolute Gasteiger partial charge is 0.311 e. The molecule has 0 aromatic carbocycles. The van der Waals surface area contributed by atoms with Gasteiger partial charge in [0.15, 0.2) is 0 Å². The van der Waals surface area contributed by atoms with Crippen LogP contribution in [0.3, 0.4) is 0 Å². The van der Waals surface area contributed by atoms with E-state index >= 15 is 0 Å². The van der Waals surface area contributed by atoms with Crippen molar-refractivity contribution < 1.29 is 0 Å². The number of rotatable bonds is 4. The maximum absolute atomic E-state index is 4.53. The number of aromatic nitrogens is 1. The average Bonchev–Trinajstić information content (AvgIpc) is 2.42. The highest BCUT2D eigenvalue weighted by atomic mass is 15.2. The Morgan fingerprint density at radius 2 is 2.32 bits per heavy atom. The zero-order valence-corrected chi connectivity index (χ0v) is 12.7. The number of aryl methyl sites for hydroxylation is 1. The topological polar surface area (TPSA) is 28.2 Å². The van der Waals surface area contributed by atoms with Crippen LogP contribution in [0.2, 0.25) is 0 Å². The summed E-state index contributed by atoms with van der Waals surface area (Å²) in [5.74, 6) is 0.736. The van der Waals surface area contributed by atoms with Crippen LogP contribution in [0, 0.1) is 12.8 Å². The van der Waals surface area contributed by atoms with Gasteiger partial charge in [0.05, 0.1) is 5.69 Å². The lowest BCUT2D eigenvalue weighted by Crippen LogP contribution is -2.57. The summed E-state index contributed by atoms with van der Waals surface area (Å²) in [7, 11) is 0. The van der Waals surface area contributed by atoms with Gasteiger partial charge in [-0.05, 0) is 31.4 Å². The summed E-state index contributed by atoms with van der Waals surface area (Å²) in [6.45, 7) is 12.3. The van der Waals surface area contributed by atoms with Crippen LogP contribution in [-0.4, -0.2) is 35.1 Å². The fraction of sp³-hybridized carbons (Fsp3) is 0.688. The van der Waals surface area contributed by atoms with Crippen molar-refractivity contribution in [3.05, 3.63) is 29.6 Å². The molecular formula is C16H27N3. The molecule has 3 atom stereocenters. The molecule has 2 rings (SSSR count). The Bertz CT molecular complexity index is 405. The van der Waals surface area contributed by atoms with Gasteiger partial charge < -0.3 is 5.32 Å². The molecule has 106 valence electrons. The smallest absolute Gasteiger partial charge is 0.0573 e. The minimum Gasteiger partial charge on any atom is -0.311 e. The van der Waals surface area contributed by atoms with Crippen LogP contribution in [0.15, 0.2) is 18.3 Å². The van der Waals surface area contributed by atoms with Crippen molar-refractivity contribution in [1.29, 1.82) is 0 Å². The third-order valence-electron chi connectivity index (χ3n) is 4.53. The molecule has 3 nitrogen and oxygen atoms in total. The molecule has 1 N–H and O–H groups in total. The lowest BCUT2D eigenvalue weighted by molar-refractivity contribution is 0.110. The van der Waals surface area contributed by atoms with Crippen LogP contribution in [0.5, 0.6) is 0 Å². The number of piperazine rings is 1. The molecule has 1 saturated heterocycles. The van der Waals surface area contributed by atoms with E-state index in [0.29, 0.717) is 12.1 Å². The minimum absolute atomic E-state index is 0.585. The van der Waals surface area contributed by atoms with Crippen LogP contribution in [0.4, 0.5) is 0 Å². The molecule has 0 spiro atoms. The Labute approximate surface area is 117 Å². The van der Waals surface area contributed by atoms with E-state index in [0.717, 1.165) is 25.6 Å². The predicted molar refractivity (Wildman–Crippen MR) is 80.1 cm³/mol. The van der Waals surface area contributed by atoms with E-state index in [1.807, 2.05) is 12.3 Å². The Morgan fingerprint density at radius 3 is 3.00 bits per heavy atom. The van der Waals surface area contributed by atoms with Crippen LogP contribution in [-0.2, 0) is 6.54 Å². The van der Waals surface area contributed by atoms with Gasteiger partial charge in [-0.3, -0.25) is 9.88 Å². The SMILES string of the molecule is CCC(C)C1CN(Cc2ncccc2C)C(C)CN1. The van der Waals surface area contributed by atoms with Crippen molar-refractivity contribution in [2.24, 2.45) is 5.92 Å². The summed E-state index contributed by atoms with van der Waals surface area (Å²) in [5, 5.41) is 3.69. The highest BCUT2D eigenvalue weighted by Gasteiger charge is 2.27. The van der Waals surface area contributed by atoms with Gasteiger partial charge in [-0.2, -0.15) is 0 Å². The molecule has 0 bridgehead atoms. The zero-order valence-electron chi connectivity index (χ0n) is 12.7. The van der Waals surface area contributed by atoms with E-state index in [4.69, 9.17) is 0 Å². The maximum atomic E-state index is 4.53. The molecule has 1 aliphatic heterocycles. The Balaban J connectivity index is 2.03. The third-order valence-corrected chi connectivity index (χ3v) is 4.53. The number of nitrogens with one attached hydrogen (secondary N) is 1. The fourth-order valence-corrected chi connectivity index (χ4v) is 2.71. The quantitative estimate of drug-likeness (QED) is 0.903. The first-order chi connectivity index (χ1) is 9.11. The van der Waals surface area contributed by atoms with Gasteiger partial charge in [0, 0.05) is 37.9 Å². The molecule has 3 heteroatoms. The van der Waals surface area contributed by atoms with E-state index < -0.39 is 0 Å². The first-order valence-corrected chi connectivity index (χ1v) is 7.49. The highest BCUT2D eigenvalue weighted by molar-refractivity contribution is 5.17. The van der Waals surface area contributed by atoms with Gasteiger partial charge in [0.1, 0.15) is 0 Å². The van der Waals surface area contributed by atoms with E-state index in [1.54, 1.807) is 0 Å². The minimum atomic E-state index is 0.585. The molecule has 0 amide bonds. The van der Waals surface area contributed by atoms with Crippen LogP contribution in [0.1, 0.15) is 38.4 Å². The van der Waals surface area contributed by atoms with Gasteiger partial charge in [-0.25, -0.2) is 0 Å². The molecule has 1 aliphatic rings. The van der Waals surface area contributed by atoms with Crippen LogP contribution < -0.4 is 5.32 Å². The van der Waals surface area contributed by atoms with Crippen molar-refractivity contribution in [2.75, 3.05) is 13.1 Å². The molecule has 1 aromatic heterocycles. The molecule has 19 heavy (non-hydrogen) atoms. The monoisotopic (exact) mass is 261 g/mol. The second-order valence-corrected chi connectivity index (χ2v) is 5.95. The number of nitrogens with zero attached hydrogens (tertiary/aromatic N) is 2. The van der Waals surface area contributed by atoms with E-state index in [2.05, 4.69) is 49.0 Å². The van der Waals surface area contributed by atoms with Gasteiger partial charge in [0.2, 0.25) is 0 Å². The lowest BCUT2D eigenvalue weighted by atomic mass is 9.95. The molecule has 0 radical (unpaired) electrons. The lowest BCUT2D eigenvalue weighted by Gasteiger charge is -2.41. The van der Waals surface area contributed by atoms with Crippen molar-refractivity contribution in [3.8, 4) is 0 Å². The molecule has 0 saturated carbocycles. The second-order valence-electron chi connectivity index (χ2n) is 5.95. The van der Waals surface area contributed by atoms with E-state index in [1.165, 1.54) is 17.7 Å². The first kappa shape index (κ1) is 14.5. The summed E-state index contributed by atoms with van der Waals surface area (Å²) in [4.78, 5) is 7.11. The van der Waals surface area contributed by atoms with Gasteiger partial charge in [-0.15, -0.1) is 0 Å². The molecule has 2 heterocycles. The van der Waals surface area contributed by atoms with E-state index in [-0.39, 0.29) is 0 Å². The standard InChI is InChI=1S/C16H27N3/c1-5-12(2)15-10-19(14(4)9-18-15)11-16-13(3)7-6-8-17-16/h6-8,12,14-15,18H,5,9-11H2,1-4H3. The Hall–Kier alpha value is -0.930. The van der Waals surface area contributed by atoms with Gasteiger partial charge in [0.25, 0.3) is 0 Å². The summed E-state index contributed by atoms with van der Waals surface area (Å²) in [6.07, 6.45) is 3.14. The normalized spacial score (nSPS) is 26.3. The van der Waals surface area contributed by atoms with Gasteiger partial charge in [-0.1, -0.05) is 26.3 Å². The van der Waals surface area contributed by atoms with Crippen molar-refractivity contribution in [3.63, 3.8) is 0 Å². The predicted octanol–water partition coefficient (Wildman–Crippen LogP) is 2.60. The number of hydrogen-bond acceptors (Lipinski definition) is 3. The van der Waals surface area contributed by atoms with Crippen molar-refractivity contribution >= 4 is 0 Å². The first-order valence-electron chi connectivity index (χ1n) is 7.49. The fourth-order valence-electron chi connectivity index (χ4n) is 2.71.